The lowest BCUT2D eigenvalue weighted by Crippen LogP contribution is -2.41. The van der Waals surface area contributed by atoms with Crippen LogP contribution in [-0.4, -0.2) is 29.5 Å². The van der Waals surface area contributed by atoms with Crippen molar-refractivity contribution in [3.63, 3.8) is 0 Å². The number of nitrogens with one attached hydrogen (secondary N) is 1. The summed E-state index contributed by atoms with van der Waals surface area (Å²) in [6, 6.07) is 6.46. The van der Waals surface area contributed by atoms with Gasteiger partial charge < -0.3 is 4.98 Å². The van der Waals surface area contributed by atoms with Crippen molar-refractivity contribution in [3.05, 3.63) is 45.1 Å². The molecule has 0 radical (unpaired) electrons. The van der Waals surface area contributed by atoms with E-state index in [-0.39, 0.29) is 23.1 Å². The first kappa shape index (κ1) is 13.1. The van der Waals surface area contributed by atoms with Gasteiger partial charge in [-0.1, -0.05) is 12.1 Å². The van der Waals surface area contributed by atoms with Crippen molar-refractivity contribution in [2.24, 2.45) is 0 Å². The van der Waals surface area contributed by atoms with E-state index in [9.17, 15) is 18.0 Å². The highest BCUT2D eigenvalue weighted by atomic mass is 32.2. The Bertz CT molecular complexity index is 865. The van der Waals surface area contributed by atoms with Gasteiger partial charge in [0.25, 0.3) is 5.56 Å². The quantitative estimate of drug-likeness (QED) is 0.826. The first-order valence-electron chi connectivity index (χ1n) is 6.42. The van der Waals surface area contributed by atoms with Crippen LogP contribution in [0.15, 0.2) is 33.9 Å². The van der Waals surface area contributed by atoms with Crippen LogP contribution in [0.5, 0.6) is 0 Å². The lowest BCUT2D eigenvalue weighted by molar-refractivity contribution is 0.426. The summed E-state index contributed by atoms with van der Waals surface area (Å²) in [5.74, 6) is 0.0484. The van der Waals surface area contributed by atoms with Crippen molar-refractivity contribution in [2.45, 2.75) is 18.9 Å². The molecule has 1 aliphatic rings. The topological polar surface area (TPSA) is 89.0 Å². The number of rotatable bonds is 1. The normalized spacial score (nSPS) is 19.2. The van der Waals surface area contributed by atoms with Crippen LogP contribution in [0.1, 0.15) is 18.9 Å². The molecule has 7 heteroatoms. The van der Waals surface area contributed by atoms with Gasteiger partial charge in [0.15, 0.2) is 0 Å². The molecule has 0 saturated carbocycles. The Hall–Kier alpha value is -1.89. The molecule has 6 nitrogen and oxygen atoms in total. The number of aromatic amines is 1. The number of benzene rings is 1. The van der Waals surface area contributed by atoms with Gasteiger partial charge in [-0.25, -0.2) is 13.2 Å². The molecule has 0 amide bonds. The number of nitrogens with zero attached hydrogens (tertiary/aromatic N) is 1. The minimum Gasteiger partial charge on any atom is -0.307 e. The summed E-state index contributed by atoms with van der Waals surface area (Å²) in [6.07, 6.45) is 0.618. The molecule has 3 rings (SSSR count). The third-order valence-electron chi connectivity index (χ3n) is 3.73. The lowest BCUT2D eigenvalue weighted by Gasteiger charge is -2.23. The van der Waals surface area contributed by atoms with E-state index in [0.29, 0.717) is 23.7 Å². The van der Waals surface area contributed by atoms with Crippen LogP contribution >= 0.6 is 0 Å². The fourth-order valence-electron chi connectivity index (χ4n) is 2.64. The molecule has 1 N–H and O–H groups in total. The van der Waals surface area contributed by atoms with E-state index in [1.54, 1.807) is 24.3 Å². The lowest BCUT2D eigenvalue weighted by atomic mass is 10.1. The second-order valence-electron chi connectivity index (χ2n) is 5.03. The van der Waals surface area contributed by atoms with Crippen molar-refractivity contribution in [1.29, 1.82) is 0 Å². The van der Waals surface area contributed by atoms with Gasteiger partial charge in [-0.15, -0.1) is 0 Å². The minimum absolute atomic E-state index is 0.0242. The van der Waals surface area contributed by atoms with Crippen LogP contribution < -0.4 is 11.2 Å². The molecule has 0 bridgehead atoms. The SMILES string of the molecule is O=c1[nH]c2ccccc2c(=O)n1C1CCS(=O)(=O)CC1. The van der Waals surface area contributed by atoms with Gasteiger partial charge >= 0.3 is 5.69 Å². The summed E-state index contributed by atoms with van der Waals surface area (Å²) in [5.41, 5.74) is -0.325. The molecule has 1 aromatic carbocycles. The summed E-state index contributed by atoms with van der Waals surface area (Å²) in [7, 11) is -3.02. The van der Waals surface area contributed by atoms with Crippen LogP contribution in [0.25, 0.3) is 10.9 Å². The summed E-state index contributed by atoms with van der Waals surface area (Å²) >= 11 is 0. The average Bonchev–Trinajstić information content (AvgIpc) is 2.40. The summed E-state index contributed by atoms with van der Waals surface area (Å²) in [5, 5.41) is 0.445. The second-order valence-corrected chi connectivity index (χ2v) is 7.34. The van der Waals surface area contributed by atoms with E-state index in [1.807, 2.05) is 0 Å². The van der Waals surface area contributed by atoms with Gasteiger partial charge in [-0.2, -0.15) is 0 Å². The second kappa shape index (κ2) is 4.59. The van der Waals surface area contributed by atoms with Gasteiger partial charge in [-0.3, -0.25) is 9.36 Å². The van der Waals surface area contributed by atoms with E-state index in [4.69, 9.17) is 0 Å². The maximum Gasteiger partial charge on any atom is 0.329 e. The average molecular weight is 294 g/mol. The Kier molecular flexibility index (Phi) is 3.01. The number of sulfone groups is 1. The first-order chi connectivity index (χ1) is 9.48. The van der Waals surface area contributed by atoms with Crippen LogP contribution in [0.2, 0.25) is 0 Å². The number of hydrogen-bond donors (Lipinski definition) is 1. The van der Waals surface area contributed by atoms with Crippen LogP contribution in [0.4, 0.5) is 0 Å². The predicted molar refractivity (Wildman–Crippen MR) is 75.8 cm³/mol. The van der Waals surface area contributed by atoms with E-state index in [1.165, 1.54) is 0 Å². The Labute approximate surface area is 115 Å². The van der Waals surface area contributed by atoms with E-state index < -0.39 is 15.5 Å². The third kappa shape index (κ3) is 2.18. The number of fused-ring (bicyclic) bond motifs is 1. The molecule has 2 aromatic rings. The van der Waals surface area contributed by atoms with Gasteiger partial charge in [0.05, 0.1) is 22.4 Å². The summed E-state index contributed by atoms with van der Waals surface area (Å²) in [6.45, 7) is 0. The Balaban J connectivity index is 2.13. The van der Waals surface area contributed by atoms with Crippen molar-refractivity contribution in [1.82, 2.24) is 9.55 Å². The first-order valence-corrected chi connectivity index (χ1v) is 8.24. The van der Waals surface area contributed by atoms with Crippen molar-refractivity contribution >= 4 is 20.7 Å². The molecule has 0 aliphatic carbocycles. The zero-order chi connectivity index (χ0) is 14.3. The highest BCUT2D eigenvalue weighted by Crippen LogP contribution is 2.21. The van der Waals surface area contributed by atoms with E-state index in [2.05, 4.69) is 4.98 Å². The summed E-state index contributed by atoms with van der Waals surface area (Å²) in [4.78, 5) is 27.2. The molecule has 20 heavy (non-hydrogen) atoms. The maximum absolute atomic E-state index is 12.4. The number of aromatic nitrogens is 2. The van der Waals surface area contributed by atoms with Crippen molar-refractivity contribution in [3.8, 4) is 0 Å². The highest BCUT2D eigenvalue weighted by Gasteiger charge is 2.27. The molecule has 1 fully saturated rings. The van der Waals surface area contributed by atoms with Gasteiger partial charge in [-0.05, 0) is 25.0 Å². The zero-order valence-electron chi connectivity index (χ0n) is 10.7. The monoisotopic (exact) mass is 294 g/mol. The third-order valence-corrected chi connectivity index (χ3v) is 5.44. The van der Waals surface area contributed by atoms with Gasteiger partial charge in [0.1, 0.15) is 9.84 Å². The standard InChI is InChI=1S/C13H14N2O4S/c16-12-10-3-1-2-4-11(10)14-13(17)15(12)9-5-7-20(18,19)8-6-9/h1-4,9H,5-8H2,(H,14,17). The zero-order valence-corrected chi connectivity index (χ0v) is 11.5. The Morgan fingerprint density at radius 1 is 1.10 bits per heavy atom. The van der Waals surface area contributed by atoms with E-state index >= 15 is 0 Å². The fourth-order valence-corrected chi connectivity index (χ4v) is 4.11. The molecular formula is C13H14N2O4S. The molecule has 1 aromatic heterocycles. The molecule has 0 spiro atoms. The molecule has 1 aliphatic heterocycles. The minimum atomic E-state index is -3.02. The van der Waals surface area contributed by atoms with Crippen molar-refractivity contribution in [2.75, 3.05) is 11.5 Å². The summed E-state index contributed by atoms with van der Waals surface area (Å²) < 4.78 is 24.0. The largest absolute Gasteiger partial charge is 0.329 e. The predicted octanol–water partition coefficient (Wildman–Crippen LogP) is 0.440. The highest BCUT2D eigenvalue weighted by molar-refractivity contribution is 7.91. The number of H-pyrrole nitrogens is 1. The molecular weight excluding hydrogens is 280 g/mol. The van der Waals surface area contributed by atoms with Crippen LogP contribution in [-0.2, 0) is 9.84 Å². The van der Waals surface area contributed by atoms with Gasteiger partial charge in [0.2, 0.25) is 0 Å². The van der Waals surface area contributed by atoms with Crippen LogP contribution in [0, 0.1) is 0 Å². The molecule has 106 valence electrons. The Morgan fingerprint density at radius 3 is 2.45 bits per heavy atom. The van der Waals surface area contributed by atoms with E-state index in [0.717, 1.165) is 4.57 Å². The maximum atomic E-state index is 12.4. The molecule has 0 atom stereocenters. The smallest absolute Gasteiger partial charge is 0.307 e. The van der Waals surface area contributed by atoms with Crippen molar-refractivity contribution < 1.29 is 8.42 Å². The number of para-hydroxylation sites is 1. The number of hydrogen-bond acceptors (Lipinski definition) is 4. The van der Waals surface area contributed by atoms with Gasteiger partial charge in [0, 0.05) is 6.04 Å². The van der Waals surface area contributed by atoms with Crippen LogP contribution in [0.3, 0.4) is 0 Å². The molecule has 0 unspecified atom stereocenters. The molecule has 2 heterocycles. The fraction of sp³-hybridized carbons (Fsp3) is 0.385. The molecule has 1 saturated heterocycles. The Morgan fingerprint density at radius 2 is 1.75 bits per heavy atom.